The third kappa shape index (κ3) is 2.36. The van der Waals surface area contributed by atoms with Crippen LogP contribution < -0.4 is 0 Å². The Kier molecular flexibility index (Phi) is 3.78. The zero-order valence-corrected chi connectivity index (χ0v) is 10.2. The first-order valence-corrected chi connectivity index (χ1v) is 6.74. The van der Waals surface area contributed by atoms with Crippen LogP contribution in [0, 0.1) is 17.8 Å². The quantitative estimate of drug-likeness (QED) is 0.673. The zero-order chi connectivity index (χ0) is 11.5. The lowest BCUT2D eigenvalue weighted by atomic mass is 9.69. The van der Waals surface area contributed by atoms with E-state index in [-0.39, 0.29) is 23.4 Å². The third-order valence-corrected chi connectivity index (χ3v) is 4.43. The summed E-state index contributed by atoms with van der Waals surface area (Å²) in [6.45, 7) is 1.58. The second kappa shape index (κ2) is 5.11. The number of hydrogen-bond donors (Lipinski definition) is 0. The van der Waals surface area contributed by atoms with E-state index in [4.69, 9.17) is 0 Å². The van der Waals surface area contributed by atoms with E-state index in [2.05, 4.69) is 0 Å². The third-order valence-electron chi connectivity index (χ3n) is 4.43. The van der Waals surface area contributed by atoms with Crippen LogP contribution in [0.15, 0.2) is 0 Å². The molecule has 0 radical (unpaired) electrons. The van der Waals surface area contributed by atoms with Crippen molar-refractivity contribution in [3.63, 3.8) is 0 Å². The maximum absolute atomic E-state index is 12.2. The molecule has 0 aromatic carbocycles. The summed E-state index contributed by atoms with van der Waals surface area (Å²) >= 11 is 0. The molecular weight excluding hydrogens is 200 g/mol. The smallest absolute Gasteiger partial charge is 0.146 e. The standard InChI is InChI=1S/C14H22O2/c1-10(15)12-8-5-9-13(14(12)16)11-6-3-2-4-7-11/h11-13H,2-9H2,1H3. The molecule has 2 rings (SSSR count). The van der Waals surface area contributed by atoms with Crippen LogP contribution in [-0.2, 0) is 9.59 Å². The molecule has 16 heavy (non-hydrogen) atoms. The second-order valence-electron chi connectivity index (χ2n) is 5.50. The van der Waals surface area contributed by atoms with Gasteiger partial charge < -0.3 is 0 Å². The van der Waals surface area contributed by atoms with E-state index < -0.39 is 0 Å². The van der Waals surface area contributed by atoms with Gasteiger partial charge >= 0.3 is 0 Å². The van der Waals surface area contributed by atoms with E-state index in [9.17, 15) is 9.59 Å². The molecule has 0 heterocycles. The molecule has 2 atom stereocenters. The van der Waals surface area contributed by atoms with Crippen LogP contribution >= 0.6 is 0 Å². The minimum absolute atomic E-state index is 0.0884. The molecule has 0 N–H and O–H groups in total. The van der Waals surface area contributed by atoms with Crippen molar-refractivity contribution in [2.75, 3.05) is 0 Å². The average molecular weight is 222 g/mol. The highest BCUT2D eigenvalue weighted by Gasteiger charge is 2.38. The van der Waals surface area contributed by atoms with Gasteiger partial charge in [0.05, 0.1) is 5.92 Å². The molecule has 2 aliphatic rings. The fraction of sp³-hybridized carbons (Fsp3) is 0.857. The lowest BCUT2D eigenvalue weighted by Gasteiger charge is -2.34. The molecule has 0 aromatic heterocycles. The molecule has 90 valence electrons. The summed E-state index contributed by atoms with van der Waals surface area (Å²) < 4.78 is 0. The molecule has 0 bridgehead atoms. The fourth-order valence-corrected chi connectivity index (χ4v) is 3.49. The molecule has 2 aliphatic carbocycles. The summed E-state index contributed by atoms with van der Waals surface area (Å²) in [7, 11) is 0. The molecule has 2 fully saturated rings. The SMILES string of the molecule is CC(=O)C1CCCC(C2CCCCC2)C1=O. The topological polar surface area (TPSA) is 34.1 Å². The Hall–Kier alpha value is -0.660. The summed E-state index contributed by atoms with van der Waals surface area (Å²) in [5.74, 6) is 0.892. The van der Waals surface area contributed by atoms with E-state index in [1.807, 2.05) is 0 Å². The number of carbonyl (C=O) groups is 2. The summed E-state index contributed by atoms with van der Waals surface area (Å²) in [5, 5.41) is 0. The molecular formula is C14H22O2. The van der Waals surface area contributed by atoms with Gasteiger partial charge in [-0.1, -0.05) is 25.7 Å². The number of rotatable bonds is 2. The van der Waals surface area contributed by atoms with Crippen LogP contribution in [0.25, 0.3) is 0 Å². The molecule has 0 amide bonds. The van der Waals surface area contributed by atoms with Gasteiger partial charge in [0.15, 0.2) is 0 Å². The van der Waals surface area contributed by atoms with Crippen molar-refractivity contribution in [2.24, 2.45) is 17.8 Å². The molecule has 2 saturated carbocycles. The molecule has 0 aliphatic heterocycles. The Bertz CT molecular complexity index is 276. The van der Waals surface area contributed by atoms with Crippen LogP contribution in [0.4, 0.5) is 0 Å². The van der Waals surface area contributed by atoms with Gasteiger partial charge in [-0.15, -0.1) is 0 Å². The summed E-state index contributed by atoms with van der Waals surface area (Å²) in [6.07, 6.45) is 9.20. The fourth-order valence-electron chi connectivity index (χ4n) is 3.49. The van der Waals surface area contributed by atoms with Crippen LogP contribution in [0.3, 0.4) is 0 Å². The molecule has 0 saturated heterocycles. The van der Waals surface area contributed by atoms with E-state index in [1.165, 1.54) is 32.1 Å². The first-order valence-electron chi connectivity index (χ1n) is 6.74. The maximum atomic E-state index is 12.2. The lowest BCUT2D eigenvalue weighted by Crippen LogP contribution is -2.37. The number of carbonyl (C=O) groups excluding carboxylic acids is 2. The van der Waals surface area contributed by atoms with Crippen molar-refractivity contribution < 1.29 is 9.59 Å². The lowest BCUT2D eigenvalue weighted by molar-refractivity contribution is -0.138. The minimum atomic E-state index is -0.263. The normalized spacial score (nSPS) is 32.7. The second-order valence-corrected chi connectivity index (χ2v) is 5.50. The largest absolute Gasteiger partial charge is 0.299 e. The molecule has 0 spiro atoms. The van der Waals surface area contributed by atoms with Crippen LogP contribution in [0.1, 0.15) is 58.3 Å². The Morgan fingerprint density at radius 2 is 1.69 bits per heavy atom. The summed E-state index contributed by atoms with van der Waals surface area (Å²) in [5.41, 5.74) is 0. The molecule has 0 aromatic rings. The van der Waals surface area contributed by atoms with Crippen LogP contribution in [-0.4, -0.2) is 11.6 Å². The van der Waals surface area contributed by atoms with E-state index in [0.29, 0.717) is 5.92 Å². The Balaban J connectivity index is 2.03. The molecule has 2 unspecified atom stereocenters. The molecule has 2 heteroatoms. The van der Waals surface area contributed by atoms with Gasteiger partial charge in [-0.05, 0) is 38.5 Å². The van der Waals surface area contributed by atoms with Gasteiger partial charge in [-0.3, -0.25) is 9.59 Å². The predicted molar refractivity (Wildman–Crippen MR) is 63.1 cm³/mol. The molecule has 2 nitrogen and oxygen atoms in total. The minimum Gasteiger partial charge on any atom is -0.299 e. The van der Waals surface area contributed by atoms with Crippen molar-refractivity contribution in [3.05, 3.63) is 0 Å². The van der Waals surface area contributed by atoms with E-state index in [1.54, 1.807) is 6.92 Å². The van der Waals surface area contributed by atoms with Gasteiger partial charge in [0, 0.05) is 5.92 Å². The summed E-state index contributed by atoms with van der Waals surface area (Å²) in [4.78, 5) is 23.7. The maximum Gasteiger partial charge on any atom is 0.146 e. The highest BCUT2D eigenvalue weighted by atomic mass is 16.1. The zero-order valence-electron chi connectivity index (χ0n) is 10.2. The van der Waals surface area contributed by atoms with Gasteiger partial charge in [-0.2, -0.15) is 0 Å². The number of Topliss-reactive ketones (excluding diaryl/α,β-unsaturated/α-hetero) is 2. The van der Waals surface area contributed by atoms with Crippen molar-refractivity contribution in [1.29, 1.82) is 0 Å². The highest BCUT2D eigenvalue weighted by Crippen LogP contribution is 2.38. The average Bonchev–Trinajstić information content (AvgIpc) is 2.30. The van der Waals surface area contributed by atoms with Gasteiger partial charge in [0.1, 0.15) is 11.6 Å². The van der Waals surface area contributed by atoms with Gasteiger partial charge in [0.25, 0.3) is 0 Å². The number of hydrogen-bond acceptors (Lipinski definition) is 2. The highest BCUT2D eigenvalue weighted by molar-refractivity contribution is 6.02. The van der Waals surface area contributed by atoms with Crippen molar-refractivity contribution in [1.82, 2.24) is 0 Å². The summed E-state index contributed by atoms with van der Waals surface area (Å²) in [6, 6.07) is 0. The monoisotopic (exact) mass is 222 g/mol. The first kappa shape index (κ1) is 11.8. The van der Waals surface area contributed by atoms with Crippen molar-refractivity contribution >= 4 is 11.6 Å². The van der Waals surface area contributed by atoms with Crippen LogP contribution in [0.2, 0.25) is 0 Å². The first-order chi connectivity index (χ1) is 7.70. The Labute approximate surface area is 97.8 Å². The van der Waals surface area contributed by atoms with Gasteiger partial charge in [-0.25, -0.2) is 0 Å². The van der Waals surface area contributed by atoms with Crippen molar-refractivity contribution in [3.8, 4) is 0 Å². The van der Waals surface area contributed by atoms with E-state index in [0.717, 1.165) is 19.3 Å². The van der Waals surface area contributed by atoms with E-state index >= 15 is 0 Å². The van der Waals surface area contributed by atoms with Crippen molar-refractivity contribution in [2.45, 2.75) is 58.3 Å². The van der Waals surface area contributed by atoms with Crippen LogP contribution in [0.5, 0.6) is 0 Å². The predicted octanol–water partition coefficient (Wildman–Crippen LogP) is 3.14. The van der Waals surface area contributed by atoms with Gasteiger partial charge in [0.2, 0.25) is 0 Å². The Morgan fingerprint density at radius 1 is 1.00 bits per heavy atom. The number of ketones is 2. The Morgan fingerprint density at radius 3 is 2.31 bits per heavy atom.